The lowest BCUT2D eigenvalue weighted by Crippen LogP contribution is -2.50. The molecule has 1 amide bonds. The number of amides is 1. The topological polar surface area (TPSA) is 88.6 Å². The van der Waals surface area contributed by atoms with Crippen LogP contribution in [0, 0.1) is 13.8 Å². The smallest absolute Gasteiger partial charge is 0.297 e. The highest BCUT2D eigenvalue weighted by atomic mass is 16.2. The number of nitrogens with zero attached hydrogens (tertiary/aromatic N) is 7. The second-order valence-corrected chi connectivity index (χ2v) is 7.80. The van der Waals surface area contributed by atoms with E-state index in [1.165, 1.54) is 15.8 Å². The molecule has 1 aromatic carbocycles. The number of carbonyl (C=O) groups excluding carboxylic acids is 1. The van der Waals surface area contributed by atoms with Crippen molar-refractivity contribution in [2.45, 2.75) is 20.4 Å². The first-order valence-electron chi connectivity index (χ1n) is 10.3. The maximum atomic E-state index is 13.1. The van der Waals surface area contributed by atoms with Gasteiger partial charge in [0.1, 0.15) is 12.4 Å². The van der Waals surface area contributed by atoms with Crippen molar-refractivity contribution in [3.63, 3.8) is 0 Å². The van der Waals surface area contributed by atoms with Crippen molar-refractivity contribution in [3.05, 3.63) is 64.3 Å². The third-order valence-corrected chi connectivity index (χ3v) is 5.91. The number of carbonyl (C=O) groups is 1. The lowest BCUT2D eigenvalue weighted by molar-refractivity contribution is -0.132. The number of anilines is 1. The molecule has 31 heavy (non-hydrogen) atoms. The summed E-state index contributed by atoms with van der Waals surface area (Å²) in [6, 6.07) is 11.8. The Labute approximate surface area is 178 Å². The van der Waals surface area contributed by atoms with Gasteiger partial charge in [-0.1, -0.05) is 18.2 Å². The van der Waals surface area contributed by atoms with Gasteiger partial charge in [-0.15, -0.1) is 10.2 Å². The van der Waals surface area contributed by atoms with E-state index in [1.807, 2.05) is 17.0 Å². The number of piperazine rings is 1. The molecular weight excluding hydrogens is 394 g/mol. The summed E-state index contributed by atoms with van der Waals surface area (Å²) in [6.07, 6.45) is 1.66. The third kappa shape index (κ3) is 3.22. The molecule has 5 rings (SSSR count). The number of hydrogen-bond acceptors (Lipinski definition) is 6. The molecule has 0 aliphatic carbocycles. The van der Waals surface area contributed by atoms with Gasteiger partial charge in [0, 0.05) is 38.1 Å². The fraction of sp³-hybridized carbons (Fsp3) is 0.318. The minimum absolute atomic E-state index is 0.0478. The molecule has 1 saturated heterocycles. The molecule has 0 unspecified atom stereocenters. The Morgan fingerprint density at radius 1 is 0.968 bits per heavy atom. The minimum atomic E-state index is -0.340. The molecule has 0 N–H and O–H groups in total. The Kier molecular flexibility index (Phi) is 4.65. The van der Waals surface area contributed by atoms with Crippen LogP contribution in [-0.4, -0.2) is 61.1 Å². The predicted octanol–water partition coefficient (Wildman–Crippen LogP) is 1.40. The molecule has 4 heterocycles. The second kappa shape index (κ2) is 7.50. The molecule has 158 valence electrons. The third-order valence-electron chi connectivity index (χ3n) is 5.91. The molecule has 0 atom stereocenters. The van der Waals surface area contributed by atoms with E-state index in [0.29, 0.717) is 30.1 Å². The molecule has 3 aromatic heterocycles. The highest BCUT2D eigenvalue weighted by Crippen LogP contribution is 2.21. The van der Waals surface area contributed by atoms with Gasteiger partial charge in [0.2, 0.25) is 11.6 Å². The summed E-state index contributed by atoms with van der Waals surface area (Å²) in [4.78, 5) is 34.7. The lowest BCUT2D eigenvalue weighted by atomic mass is 10.1. The van der Waals surface area contributed by atoms with Gasteiger partial charge in [0.25, 0.3) is 5.56 Å². The molecule has 9 nitrogen and oxygen atoms in total. The predicted molar refractivity (Wildman–Crippen MR) is 117 cm³/mol. The van der Waals surface area contributed by atoms with Crippen molar-refractivity contribution in [2.24, 2.45) is 0 Å². The highest BCUT2D eigenvalue weighted by molar-refractivity contribution is 5.80. The van der Waals surface area contributed by atoms with Crippen molar-refractivity contribution in [3.8, 4) is 0 Å². The minimum Gasteiger partial charge on any atom is -0.368 e. The average Bonchev–Trinajstić information content (AvgIpc) is 3.19. The fourth-order valence-corrected chi connectivity index (χ4v) is 4.26. The first-order valence-corrected chi connectivity index (χ1v) is 10.3. The standard InChI is InChI=1S/C22H23N7O2/c1-15-6-3-4-7-17(15)26-10-12-27(13-11-26)19(30)14-28-18-8-5-9-23-20(18)29-16(2)24-25-21(29)22(28)31/h3-9H,10-14H2,1-2H3. The molecule has 0 spiro atoms. The molecule has 1 fully saturated rings. The van der Waals surface area contributed by atoms with Crippen LogP contribution >= 0.6 is 0 Å². The number of rotatable bonds is 3. The maximum absolute atomic E-state index is 13.1. The SMILES string of the molecule is Cc1ccccc1N1CCN(C(=O)Cn2c(=O)c3nnc(C)n3c3ncccc32)CC1. The Bertz CT molecular complexity index is 1350. The molecule has 0 saturated carbocycles. The van der Waals surface area contributed by atoms with Crippen LogP contribution < -0.4 is 10.5 Å². The molecule has 0 bridgehead atoms. The van der Waals surface area contributed by atoms with Crippen LogP contribution in [0.4, 0.5) is 5.69 Å². The zero-order chi connectivity index (χ0) is 21.5. The van der Waals surface area contributed by atoms with Gasteiger partial charge >= 0.3 is 0 Å². The number of aryl methyl sites for hydroxylation is 2. The first kappa shape index (κ1) is 19.2. The van der Waals surface area contributed by atoms with E-state index in [0.717, 1.165) is 13.1 Å². The Balaban J connectivity index is 1.41. The Hall–Kier alpha value is -3.75. The van der Waals surface area contributed by atoms with Crippen LogP contribution in [0.1, 0.15) is 11.4 Å². The summed E-state index contributed by atoms with van der Waals surface area (Å²) in [5.74, 6) is 0.499. The monoisotopic (exact) mass is 417 g/mol. The van der Waals surface area contributed by atoms with E-state index in [4.69, 9.17) is 0 Å². The zero-order valence-corrected chi connectivity index (χ0v) is 17.5. The highest BCUT2D eigenvalue weighted by Gasteiger charge is 2.24. The average molecular weight is 417 g/mol. The van der Waals surface area contributed by atoms with Gasteiger partial charge < -0.3 is 9.80 Å². The van der Waals surface area contributed by atoms with Crippen molar-refractivity contribution in [1.29, 1.82) is 0 Å². The molecule has 9 heteroatoms. The number of fused-ring (bicyclic) bond motifs is 3. The summed E-state index contributed by atoms with van der Waals surface area (Å²) in [7, 11) is 0. The number of para-hydroxylation sites is 1. The summed E-state index contributed by atoms with van der Waals surface area (Å²) in [5.41, 5.74) is 3.43. The Morgan fingerprint density at radius 3 is 2.52 bits per heavy atom. The van der Waals surface area contributed by atoms with Crippen molar-refractivity contribution in [1.82, 2.24) is 29.0 Å². The van der Waals surface area contributed by atoms with E-state index >= 15 is 0 Å². The summed E-state index contributed by atoms with van der Waals surface area (Å²) < 4.78 is 3.10. The quantitative estimate of drug-likeness (QED) is 0.501. The van der Waals surface area contributed by atoms with Gasteiger partial charge in [-0.25, -0.2) is 4.98 Å². The summed E-state index contributed by atoms with van der Waals surface area (Å²) in [6.45, 7) is 6.58. The molecule has 4 aromatic rings. The Morgan fingerprint density at radius 2 is 1.74 bits per heavy atom. The van der Waals surface area contributed by atoms with Crippen LogP contribution in [0.3, 0.4) is 0 Å². The van der Waals surface area contributed by atoms with Crippen molar-refractivity contribution < 1.29 is 4.79 Å². The van der Waals surface area contributed by atoms with Gasteiger partial charge in [-0.2, -0.15) is 0 Å². The molecule has 1 aliphatic heterocycles. The van der Waals surface area contributed by atoms with E-state index in [1.54, 1.807) is 29.7 Å². The number of pyridine rings is 1. The van der Waals surface area contributed by atoms with Crippen LogP contribution in [-0.2, 0) is 11.3 Å². The van der Waals surface area contributed by atoms with Crippen molar-refractivity contribution in [2.75, 3.05) is 31.1 Å². The van der Waals surface area contributed by atoms with E-state index in [9.17, 15) is 9.59 Å². The number of aromatic nitrogens is 5. The second-order valence-electron chi connectivity index (χ2n) is 7.80. The van der Waals surface area contributed by atoms with Crippen LogP contribution in [0.25, 0.3) is 16.8 Å². The van der Waals surface area contributed by atoms with Gasteiger partial charge in [0.05, 0.1) is 5.52 Å². The van der Waals surface area contributed by atoms with Gasteiger partial charge in [-0.3, -0.25) is 18.6 Å². The zero-order valence-electron chi connectivity index (χ0n) is 17.5. The summed E-state index contributed by atoms with van der Waals surface area (Å²) >= 11 is 0. The van der Waals surface area contributed by atoms with E-state index < -0.39 is 0 Å². The summed E-state index contributed by atoms with van der Waals surface area (Å²) in [5, 5.41) is 8.03. The maximum Gasteiger partial charge on any atom is 0.297 e. The molecule has 0 radical (unpaired) electrons. The van der Waals surface area contributed by atoms with Gasteiger partial charge in [-0.05, 0) is 37.6 Å². The number of benzene rings is 1. The first-order chi connectivity index (χ1) is 15.0. The van der Waals surface area contributed by atoms with E-state index in [2.05, 4.69) is 39.1 Å². The normalized spacial score (nSPS) is 14.5. The van der Waals surface area contributed by atoms with Crippen LogP contribution in [0.5, 0.6) is 0 Å². The molecule has 1 aliphatic rings. The largest absolute Gasteiger partial charge is 0.368 e. The van der Waals surface area contributed by atoms with Crippen LogP contribution in [0.2, 0.25) is 0 Å². The van der Waals surface area contributed by atoms with Crippen molar-refractivity contribution >= 4 is 28.4 Å². The number of hydrogen-bond donors (Lipinski definition) is 0. The fourth-order valence-electron chi connectivity index (χ4n) is 4.26. The lowest BCUT2D eigenvalue weighted by Gasteiger charge is -2.37. The molecular formula is C22H23N7O2. The van der Waals surface area contributed by atoms with Crippen LogP contribution in [0.15, 0.2) is 47.4 Å². The van der Waals surface area contributed by atoms with Gasteiger partial charge in [0.15, 0.2) is 5.65 Å². The van der Waals surface area contributed by atoms with E-state index in [-0.39, 0.29) is 23.7 Å².